The third-order valence-corrected chi connectivity index (χ3v) is 5.88. The summed E-state index contributed by atoms with van der Waals surface area (Å²) in [6.07, 6.45) is 2.56. The predicted molar refractivity (Wildman–Crippen MR) is 131 cm³/mol. The van der Waals surface area contributed by atoms with Crippen molar-refractivity contribution in [2.75, 3.05) is 26.8 Å². The maximum Gasteiger partial charge on any atom is 0.182 e. The van der Waals surface area contributed by atoms with E-state index in [1.165, 1.54) is 0 Å². The standard InChI is InChI=1S/C26H36N4O3/c1-6-19-10-9-17-15-30(25(28)23(17)29-19)16-21(31)18-13-20(26(2,3)4)24(22(14-18)32-5)33-12-8-7-11-27/h9-10,13-14,28H,6-8,11-12,15-16,27H2,1-5H3. The number of amidine groups is 1. The number of ketones is 1. The highest BCUT2D eigenvalue weighted by atomic mass is 16.5. The highest BCUT2D eigenvalue weighted by molar-refractivity contribution is 6.04. The lowest BCUT2D eigenvalue weighted by atomic mass is 9.84. The minimum atomic E-state index is -0.246. The van der Waals surface area contributed by atoms with Gasteiger partial charge in [0, 0.05) is 28.9 Å². The zero-order valence-electron chi connectivity index (χ0n) is 20.5. The summed E-state index contributed by atoms with van der Waals surface area (Å²) >= 11 is 0. The number of aromatic nitrogens is 1. The van der Waals surface area contributed by atoms with Crippen molar-refractivity contribution in [1.29, 1.82) is 5.41 Å². The smallest absolute Gasteiger partial charge is 0.182 e. The van der Waals surface area contributed by atoms with Crippen molar-refractivity contribution >= 4 is 11.6 Å². The Morgan fingerprint density at radius 3 is 2.64 bits per heavy atom. The number of unbranched alkanes of at least 4 members (excludes halogenated alkanes) is 1. The van der Waals surface area contributed by atoms with E-state index < -0.39 is 0 Å². The number of nitrogens with zero attached hydrogens (tertiary/aromatic N) is 2. The number of aryl methyl sites for hydroxylation is 1. The van der Waals surface area contributed by atoms with Gasteiger partial charge in [0.25, 0.3) is 0 Å². The van der Waals surface area contributed by atoms with Gasteiger partial charge in [-0.05, 0) is 49.4 Å². The number of nitrogens with two attached hydrogens (primary N) is 1. The Bertz CT molecular complexity index is 1030. The Morgan fingerprint density at radius 2 is 2.00 bits per heavy atom. The first-order chi connectivity index (χ1) is 15.7. The average Bonchev–Trinajstić information content (AvgIpc) is 3.10. The second-order valence-corrected chi connectivity index (χ2v) is 9.44. The van der Waals surface area contributed by atoms with Crippen LogP contribution in [0.15, 0.2) is 24.3 Å². The Balaban J connectivity index is 1.85. The van der Waals surface area contributed by atoms with Gasteiger partial charge in [0.15, 0.2) is 17.3 Å². The van der Waals surface area contributed by atoms with Gasteiger partial charge in [-0.1, -0.05) is 33.8 Å². The summed E-state index contributed by atoms with van der Waals surface area (Å²) < 4.78 is 11.7. The number of fused-ring (bicyclic) bond motifs is 1. The Kier molecular flexibility index (Phi) is 7.74. The molecule has 0 fully saturated rings. The van der Waals surface area contributed by atoms with Crippen LogP contribution in [0.1, 0.15) is 73.4 Å². The van der Waals surface area contributed by atoms with Crippen LogP contribution in [0.25, 0.3) is 0 Å². The zero-order chi connectivity index (χ0) is 24.2. The van der Waals surface area contributed by atoms with Crippen molar-refractivity contribution in [2.45, 2.75) is 58.9 Å². The van der Waals surface area contributed by atoms with Gasteiger partial charge in [0.2, 0.25) is 0 Å². The number of ether oxygens (including phenoxy) is 2. The summed E-state index contributed by atoms with van der Waals surface area (Å²) in [5.74, 6) is 1.46. The molecule has 3 N–H and O–H groups in total. The molecule has 33 heavy (non-hydrogen) atoms. The van der Waals surface area contributed by atoms with Gasteiger partial charge in [-0.3, -0.25) is 10.2 Å². The van der Waals surface area contributed by atoms with Crippen LogP contribution < -0.4 is 15.2 Å². The molecule has 7 heteroatoms. The van der Waals surface area contributed by atoms with Crippen molar-refractivity contribution in [1.82, 2.24) is 9.88 Å². The quantitative estimate of drug-likeness (QED) is 0.416. The van der Waals surface area contributed by atoms with E-state index in [0.717, 1.165) is 36.1 Å². The van der Waals surface area contributed by atoms with Crippen molar-refractivity contribution < 1.29 is 14.3 Å². The van der Waals surface area contributed by atoms with Gasteiger partial charge in [-0.15, -0.1) is 0 Å². The minimum Gasteiger partial charge on any atom is -0.493 e. The number of benzene rings is 1. The number of Topliss-reactive ketones (excluding diaryl/α,β-unsaturated/α-hetero) is 1. The van der Waals surface area contributed by atoms with Gasteiger partial charge in [-0.25, -0.2) is 4.98 Å². The predicted octanol–water partition coefficient (Wildman–Crippen LogP) is 4.09. The molecule has 1 aromatic heterocycles. The molecule has 0 radical (unpaired) electrons. The lowest BCUT2D eigenvalue weighted by Gasteiger charge is -2.26. The first-order valence-electron chi connectivity index (χ1n) is 11.6. The summed E-state index contributed by atoms with van der Waals surface area (Å²) in [7, 11) is 1.59. The number of carbonyl (C=O) groups excluding carboxylic acids is 1. The molecule has 3 rings (SSSR count). The molecule has 0 aliphatic carbocycles. The van der Waals surface area contributed by atoms with Gasteiger partial charge in [0.05, 0.1) is 20.3 Å². The molecule has 0 saturated carbocycles. The molecule has 1 aromatic carbocycles. The van der Waals surface area contributed by atoms with E-state index in [4.69, 9.17) is 20.6 Å². The van der Waals surface area contributed by atoms with Crippen molar-refractivity contribution in [3.8, 4) is 11.5 Å². The number of nitrogens with one attached hydrogen (secondary N) is 1. The topological polar surface area (TPSA) is 102 Å². The van der Waals surface area contributed by atoms with Crippen LogP contribution in [-0.2, 0) is 18.4 Å². The van der Waals surface area contributed by atoms with E-state index in [0.29, 0.717) is 48.3 Å². The maximum absolute atomic E-state index is 13.3. The van der Waals surface area contributed by atoms with Crippen molar-refractivity contribution in [3.63, 3.8) is 0 Å². The molecule has 2 heterocycles. The Hall–Kier alpha value is -2.93. The van der Waals surface area contributed by atoms with E-state index in [9.17, 15) is 4.79 Å². The molecule has 0 saturated heterocycles. The van der Waals surface area contributed by atoms with Gasteiger partial charge in [0.1, 0.15) is 11.5 Å². The highest BCUT2D eigenvalue weighted by Gasteiger charge is 2.29. The van der Waals surface area contributed by atoms with Crippen LogP contribution >= 0.6 is 0 Å². The Labute approximate surface area is 196 Å². The maximum atomic E-state index is 13.3. The first-order valence-corrected chi connectivity index (χ1v) is 11.6. The van der Waals surface area contributed by atoms with Crippen LogP contribution in [0, 0.1) is 5.41 Å². The molecule has 0 bridgehead atoms. The minimum absolute atomic E-state index is 0.0678. The fraction of sp³-hybridized carbons (Fsp3) is 0.500. The van der Waals surface area contributed by atoms with E-state index in [1.54, 1.807) is 18.1 Å². The SMILES string of the molecule is CCc1ccc2c(n1)C(=N)N(CC(=O)c1cc(OC)c(OCCCCN)c(C(C)(C)C)c1)C2. The lowest BCUT2D eigenvalue weighted by molar-refractivity contribution is 0.0962. The number of rotatable bonds is 10. The third kappa shape index (κ3) is 5.53. The number of methoxy groups -OCH3 is 1. The van der Waals surface area contributed by atoms with Crippen molar-refractivity contribution in [3.05, 3.63) is 52.3 Å². The lowest BCUT2D eigenvalue weighted by Crippen LogP contribution is -2.30. The number of hydrogen-bond acceptors (Lipinski definition) is 6. The second-order valence-electron chi connectivity index (χ2n) is 9.44. The van der Waals surface area contributed by atoms with E-state index in [-0.39, 0.29) is 17.7 Å². The molecule has 2 aromatic rings. The van der Waals surface area contributed by atoms with E-state index >= 15 is 0 Å². The number of pyridine rings is 1. The summed E-state index contributed by atoms with van der Waals surface area (Å²) in [6, 6.07) is 7.65. The van der Waals surface area contributed by atoms with Gasteiger partial charge in [-0.2, -0.15) is 0 Å². The molecule has 0 spiro atoms. The van der Waals surface area contributed by atoms with Gasteiger partial charge >= 0.3 is 0 Å². The van der Waals surface area contributed by atoms with Crippen molar-refractivity contribution in [2.24, 2.45) is 5.73 Å². The fourth-order valence-electron chi connectivity index (χ4n) is 3.93. The fourth-order valence-corrected chi connectivity index (χ4v) is 3.93. The van der Waals surface area contributed by atoms with Gasteiger partial charge < -0.3 is 20.1 Å². The van der Waals surface area contributed by atoms with Crippen LogP contribution in [-0.4, -0.2) is 48.3 Å². The summed E-state index contributed by atoms with van der Waals surface area (Å²) in [6.45, 7) is 10.1. The molecular formula is C26H36N4O3. The molecule has 178 valence electrons. The summed E-state index contributed by atoms with van der Waals surface area (Å²) in [5, 5.41) is 8.54. The third-order valence-electron chi connectivity index (χ3n) is 5.88. The Morgan fingerprint density at radius 1 is 1.24 bits per heavy atom. The zero-order valence-corrected chi connectivity index (χ0v) is 20.5. The molecule has 1 aliphatic rings. The summed E-state index contributed by atoms with van der Waals surface area (Å²) in [5.41, 5.74) is 9.44. The molecule has 7 nitrogen and oxygen atoms in total. The molecule has 0 atom stereocenters. The largest absolute Gasteiger partial charge is 0.493 e. The highest BCUT2D eigenvalue weighted by Crippen LogP contribution is 2.40. The van der Waals surface area contributed by atoms with Crippen LogP contribution in [0.2, 0.25) is 0 Å². The second kappa shape index (κ2) is 10.3. The number of carbonyl (C=O) groups is 1. The van der Waals surface area contributed by atoms with Crippen LogP contribution in [0.3, 0.4) is 0 Å². The molecule has 0 amide bonds. The number of hydrogen-bond donors (Lipinski definition) is 2. The van der Waals surface area contributed by atoms with E-state index in [2.05, 4.69) is 25.8 Å². The monoisotopic (exact) mass is 452 g/mol. The molecule has 1 aliphatic heterocycles. The average molecular weight is 453 g/mol. The molecular weight excluding hydrogens is 416 g/mol. The van der Waals surface area contributed by atoms with Crippen LogP contribution in [0.5, 0.6) is 11.5 Å². The first kappa shape index (κ1) is 24.7. The molecule has 0 unspecified atom stereocenters. The summed E-state index contributed by atoms with van der Waals surface area (Å²) in [4.78, 5) is 19.7. The normalized spacial score (nSPS) is 13.3. The van der Waals surface area contributed by atoms with E-state index in [1.807, 2.05) is 25.1 Å². The van der Waals surface area contributed by atoms with Crippen LogP contribution in [0.4, 0.5) is 0 Å².